The van der Waals surface area contributed by atoms with Crippen molar-refractivity contribution in [2.75, 3.05) is 13.2 Å². The van der Waals surface area contributed by atoms with Gasteiger partial charge in [-0.1, -0.05) is 12.1 Å². The van der Waals surface area contributed by atoms with Crippen molar-refractivity contribution in [2.45, 2.75) is 45.5 Å². The number of urea groups is 1. The van der Waals surface area contributed by atoms with E-state index < -0.39 is 0 Å². The van der Waals surface area contributed by atoms with Crippen LogP contribution in [0.15, 0.2) is 24.3 Å². The number of aromatic nitrogens is 3. The molecule has 9 heteroatoms. The summed E-state index contributed by atoms with van der Waals surface area (Å²) < 4.78 is 7.49. The molecule has 3 atom stereocenters. The average Bonchev–Trinajstić information content (AvgIpc) is 3.04. The van der Waals surface area contributed by atoms with Gasteiger partial charge in [0.15, 0.2) is 0 Å². The highest BCUT2D eigenvalue weighted by Crippen LogP contribution is 2.34. The van der Waals surface area contributed by atoms with Crippen LogP contribution in [0.25, 0.3) is 0 Å². The molecular formula is C20H26N6O3. The van der Waals surface area contributed by atoms with E-state index in [2.05, 4.69) is 26.0 Å². The number of carbonyl (C=O) groups is 2. The summed E-state index contributed by atoms with van der Waals surface area (Å²) in [6.45, 7) is 5.44. The van der Waals surface area contributed by atoms with Crippen LogP contribution in [0.2, 0.25) is 0 Å². The quantitative estimate of drug-likeness (QED) is 0.706. The van der Waals surface area contributed by atoms with Crippen molar-refractivity contribution in [1.82, 2.24) is 30.7 Å². The Morgan fingerprint density at radius 3 is 2.79 bits per heavy atom. The number of nitrogens with one attached hydrogen (secondary N) is 3. The van der Waals surface area contributed by atoms with Crippen LogP contribution in [0.4, 0.5) is 4.79 Å². The number of amides is 3. The maximum Gasteiger partial charge on any atom is 0.317 e. The first kappa shape index (κ1) is 19.4. The average molecular weight is 398 g/mol. The van der Waals surface area contributed by atoms with Crippen molar-refractivity contribution in [3.05, 3.63) is 47.0 Å². The zero-order valence-electron chi connectivity index (χ0n) is 16.6. The van der Waals surface area contributed by atoms with Gasteiger partial charge in [-0.3, -0.25) is 4.79 Å². The zero-order chi connectivity index (χ0) is 20.4. The second-order valence-electron chi connectivity index (χ2n) is 7.50. The number of benzene rings is 1. The zero-order valence-corrected chi connectivity index (χ0v) is 16.6. The summed E-state index contributed by atoms with van der Waals surface area (Å²) >= 11 is 0. The molecule has 0 unspecified atom stereocenters. The Bertz CT molecular complexity index is 894. The number of nitrogens with zero attached hydrogens (tertiary/aromatic N) is 3. The lowest BCUT2D eigenvalue weighted by molar-refractivity contribution is -0.0602. The molecule has 9 nitrogen and oxygen atoms in total. The molecule has 2 aliphatic rings. The number of rotatable bonds is 5. The van der Waals surface area contributed by atoms with Gasteiger partial charge in [-0.25, -0.2) is 14.5 Å². The SMILES string of the molecule is Cc1nc(C)n(CCNC(=O)c2ccc([C@@H]3NC(=O)N[C@H]4OCCC[C@H]43)cc2)n1. The van der Waals surface area contributed by atoms with Crippen molar-refractivity contribution < 1.29 is 14.3 Å². The van der Waals surface area contributed by atoms with E-state index in [1.807, 2.05) is 26.0 Å². The van der Waals surface area contributed by atoms with E-state index in [4.69, 9.17) is 4.74 Å². The molecule has 3 heterocycles. The summed E-state index contributed by atoms with van der Waals surface area (Å²) in [7, 11) is 0. The van der Waals surface area contributed by atoms with Crippen molar-refractivity contribution in [3.8, 4) is 0 Å². The first-order valence-corrected chi connectivity index (χ1v) is 9.96. The largest absolute Gasteiger partial charge is 0.358 e. The van der Waals surface area contributed by atoms with E-state index in [0.29, 0.717) is 25.3 Å². The number of aryl methyl sites for hydroxylation is 2. The van der Waals surface area contributed by atoms with Gasteiger partial charge in [0.25, 0.3) is 5.91 Å². The summed E-state index contributed by atoms with van der Waals surface area (Å²) in [5.74, 6) is 1.59. The van der Waals surface area contributed by atoms with Gasteiger partial charge in [-0.05, 0) is 44.4 Å². The molecule has 154 valence electrons. The van der Waals surface area contributed by atoms with Gasteiger partial charge in [0.1, 0.15) is 17.9 Å². The molecule has 0 spiro atoms. The lowest BCUT2D eigenvalue weighted by Crippen LogP contribution is -2.58. The molecule has 1 aromatic carbocycles. The highest BCUT2D eigenvalue weighted by molar-refractivity contribution is 5.94. The molecule has 29 heavy (non-hydrogen) atoms. The molecule has 1 aromatic heterocycles. The second-order valence-corrected chi connectivity index (χ2v) is 7.50. The van der Waals surface area contributed by atoms with E-state index >= 15 is 0 Å². The summed E-state index contributed by atoms with van der Waals surface area (Å²) in [6.07, 6.45) is 1.70. The van der Waals surface area contributed by atoms with Gasteiger partial charge in [0.05, 0.1) is 12.6 Å². The van der Waals surface area contributed by atoms with Crippen molar-refractivity contribution in [1.29, 1.82) is 0 Å². The van der Waals surface area contributed by atoms with Crippen molar-refractivity contribution in [2.24, 2.45) is 5.92 Å². The van der Waals surface area contributed by atoms with Crippen LogP contribution in [0.1, 0.15) is 46.5 Å². The van der Waals surface area contributed by atoms with Crippen LogP contribution in [-0.4, -0.2) is 46.1 Å². The van der Waals surface area contributed by atoms with E-state index in [-0.39, 0.29) is 30.1 Å². The first-order valence-electron chi connectivity index (χ1n) is 9.96. The molecule has 0 radical (unpaired) electrons. The number of hydrogen-bond acceptors (Lipinski definition) is 5. The molecule has 0 saturated carbocycles. The third-order valence-electron chi connectivity index (χ3n) is 5.46. The highest BCUT2D eigenvalue weighted by Gasteiger charge is 2.39. The lowest BCUT2D eigenvalue weighted by Gasteiger charge is -2.41. The minimum absolute atomic E-state index is 0.121. The van der Waals surface area contributed by atoms with Crippen LogP contribution in [-0.2, 0) is 11.3 Å². The normalized spacial score (nSPS) is 23.7. The molecular weight excluding hydrogens is 372 g/mol. The Labute approximate surface area is 169 Å². The fourth-order valence-corrected chi connectivity index (χ4v) is 4.04. The van der Waals surface area contributed by atoms with Crippen LogP contribution < -0.4 is 16.0 Å². The van der Waals surface area contributed by atoms with Crippen LogP contribution in [0.5, 0.6) is 0 Å². The highest BCUT2D eigenvalue weighted by atomic mass is 16.5. The Morgan fingerprint density at radius 1 is 1.28 bits per heavy atom. The third-order valence-corrected chi connectivity index (χ3v) is 5.46. The predicted octanol–water partition coefficient (Wildman–Crippen LogP) is 1.43. The van der Waals surface area contributed by atoms with Crippen molar-refractivity contribution >= 4 is 11.9 Å². The van der Waals surface area contributed by atoms with Gasteiger partial charge in [-0.2, -0.15) is 5.10 Å². The molecule has 3 N–H and O–H groups in total. The minimum atomic E-state index is -0.255. The maximum absolute atomic E-state index is 12.4. The van der Waals surface area contributed by atoms with Gasteiger partial charge in [-0.15, -0.1) is 0 Å². The first-order chi connectivity index (χ1) is 14.0. The summed E-state index contributed by atoms with van der Waals surface area (Å²) in [5, 5.41) is 13.0. The second kappa shape index (κ2) is 8.20. The van der Waals surface area contributed by atoms with Crippen LogP contribution in [0, 0.1) is 19.8 Å². The van der Waals surface area contributed by atoms with Crippen LogP contribution in [0.3, 0.4) is 0 Å². The topological polar surface area (TPSA) is 110 Å². The van der Waals surface area contributed by atoms with E-state index in [9.17, 15) is 9.59 Å². The molecule has 0 bridgehead atoms. The molecule has 2 aromatic rings. The van der Waals surface area contributed by atoms with Crippen LogP contribution >= 0.6 is 0 Å². The molecule has 2 fully saturated rings. The smallest absolute Gasteiger partial charge is 0.317 e. The number of ether oxygens (including phenoxy) is 1. The van der Waals surface area contributed by atoms with E-state index in [0.717, 1.165) is 30.1 Å². The molecule has 0 aliphatic carbocycles. The number of hydrogen-bond donors (Lipinski definition) is 3. The molecule has 3 amide bonds. The Hall–Kier alpha value is -2.94. The van der Waals surface area contributed by atoms with E-state index in [1.54, 1.807) is 16.8 Å². The fourth-order valence-electron chi connectivity index (χ4n) is 4.04. The summed E-state index contributed by atoms with van der Waals surface area (Å²) in [6, 6.07) is 7.05. The Balaban J connectivity index is 1.37. The van der Waals surface area contributed by atoms with Crippen molar-refractivity contribution in [3.63, 3.8) is 0 Å². The maximum atomic E-state index is 12.4. The Kier molecular flexibility index (Phi) is 5.48. The van der Waals surface area contributed by atoms with Gasteiger partial charge >= 0.3 is 6.03 Å². The number of carbonyl (C=O) groups excluding carboxylic acids is 2. The summed E-state index contributed by atoms with van der Waals surface area (Å²) in [5.41, 5.74) is 1.56. The Morgan fingerprint density at radius 2 is 2.07 bits per heavy atom. The van der Waals surface area contributed by atoms with Gasteiger partial charge < -0.3 is 20.7 Å². The lowest BCUT2D eigenvalue weighted by atomic mass is 9.85. The summed E-state index contributed by atoms with van der Waals surface area (Å²) in [4.78, 5) is 28.6. The minimum Gasteiger partial charge on any atom is -0.358 e. The molecule has 4 rings (SSSR count). The van der Waals surface area contributed by atoms with Gasteiger partial charge in [0, 0.05) is 24.6 Å². The predicted molar refractivity (Wildman–Crippen MR) is 105 cm³/mol. The fraction of sp³-hybridized carbons (Fsp3) is 0.500. The molecule has 2 aliphatic heterocycles. The monoisotopic (exact) mass is 398 g/mol. The number of fused-ring (bicyclic) bond motifs is 1. The molecule has 2 saturated heterocycles. The van der Waals surface area contributed by atoms with Gasteiger partial charge in [0.2, 0.25) is 0 Å². The third kappa shape index (κ3) is 4.24. The standard InChI is InChI=1S/C20H26N6O3/c1-12-22-13(2)26(25-12)10-9-21-18(27)15-7-5-14(6-8-15)17-16-4-3-11-29-19(16)24-20(28)23-17/h5-8,16-17,19H,3-4,9-11H2,1-2H3,(H,21,27)(H2,23,24,28)/t16-,17-,19-/m0/s1. The van der Waals surface area contributed by atoms with E-state index in [1.165, 1.54) is 0 Å².